The average molecular weight is 262 g/mol. The van der Waals surface area contributed by atoms with Gasteiger partial charge in [-0.25, -0.2) is 0 Å². The van der Waals surface area contributed by atoms with Gasteiger partial charge in [-0.3, -0.25) is 4.79 Å². The summed E-state index contributed by atoms with van der Waals surface area (Å²) in [4.78, 5) is 11.5. The molecule has 2 N–H and O–H groups in total. The zero-order valence-electron chi connectivity index (χ0n) is 10.9. The molecule has 1 aromatic rings. The molecule has 0 fully saturated rings. The van der Waals surface area contributed by atoms with E-state index in [1.165, 1.54) is 0 Å². The van der Waals surface area contributed by atoms with Crippen LogP contribution in [0.1, 0.15) is 37.1 Å². The van der Waals surface area contributed by atoms with E-state index in [1.807, 2.05) is 0 Å². The number of nitrogens with zero attached hydrogens (tertiary/aromatic N) is 1. The van der Waals surface area contributed by atoms with Crippen LogP contribution in [0.2, 0.25) is 0 Å². The predicted octanol–water partition coefficient (Wildman–Crippen LogP) is 2.86. The number of hydrogen-bond acceptors (Lipinski definition) is 3. The Morgan fingerprint density at radius 3 is 2.22 bits per heavy atom. The molecule has 0 bridgehead atoms. The van der Waals surface area contributed by atoms with E-state index in [1.54, 1.807) is 36.0 Å². The molecule has 0 aliphatic rings. The van der Waals surface area contributed by atoms with Gasteiger partial charge in [0.25, 0.3) is 0 Å². The third kappa shape index (κ3) is 3.78. The van der Waals surface area contributed by atoms with Crippen LogP contribution in [0.15, 0.2) is 24.3 Å². The lowest BCUT2D eigenvalue weighted by atomic mass is 10.1. The Hall–Kier alpha value is -1.47. The van der Waals surface area contributed by atoms with Gasteiger partial charge in [-0.1, -0.05) is 32.9 Å². The highest BCUT2D eigenvalue weighted by molar-refractivity contribution is 8.00. The van der Waals surface area contributed by atoms with E-state index in [-0.39, 0.29) is 11.2 Å². The molecule has 0 heterocycles. The van der Waals surface area contributed by atoms with Crippen LogP contribution in [0.25, 0.3) is 0 Å². The highest BCUT2D eigenvalue weighted by Crippen LogP contribution is 2.34. The standard InChI is InChI=1S/C14H18N2OS/c1-9(2)10(3)18-13(14(16)17)12-6-4-11(8-15)5-7-12/h4-7,9-10,13H,1-3H3,(H2,16,17)/t10-,13+/m1/s1. The van der Waals surface area contributed by atoms with Crippen LogP contribution in [0, 0.1) is 17.2 Å². The fourth-order valence-corrected chi connectivity index (χ4v) is 2.61. The molecule has 1 rings (SSSR count). The second kappa shape index (κ2) is 6.46. The Labute approximate surface area is 112 Å². The zero-order valence-corrected chi connectivity index (χ0v) is 11.7. The largest absolute Gasteiger partial charge is 0.368 e. The normalized spacial score (nSPS) is 13.9. The van der Waals surface area contributed by atoms with Crippen LogP contribution in [0.5, 0.6) is 0 Å². The number of thioether (sulfide) groups is 1. The highest BCUT2D eigenvalue weighted by Gasteiger charge is 2.22. The molecular formula is C14H18N2OS. The third-order valence-corrected chi connectivity index (χ3v) is 4.64. The Bertz CT molecular complexity index is 448. The Morgan fingerprint density at radius 1 is 1.28 bits per heavy atom. The van der Waals surface area contributed by atoms with Crippen molar-refractivity contribution < 1.29 is 4.79 Å². The number of benzene rings is 1. The lowest BCUT2D eigenvalue weighted by molar-refractivity contribution is -0.117. The van der Waals surface area contributed by atoms with Gasteiger partial charge in [0, 0.05) is 5.25 Å². The highest BCUT2D eigenvalue weighted by atomic mass is 32.2. The molecule has 4 heteroatoms. The van der Waals surface area contributed by atoms with Gasteiger partial charge < -0.3 is 5.73 Å². The van der Waals surface area contributed by atoms with E-state index in [0.29, 0.717) is 16.7 Å². The number of rotatable bonds is 5. The molecule has 2 atom stereocenters. The molecule has 3 nitrogen and oxygen atoms in total. The number of nitriles is 1. The van der Waals surface area contributed by atoms with E-state index >= 15 is 0 Å². The Morgan fingerprint density at radius 2 is 1.83 bits per heavy atom. The predicted molar refractivity (Wildman–Crippen MR) is 75.0 cm³/mol. The second-order valence-corrected chi connectivity index (χ2v) is 6.09. The molecule has 0 saturated heterocycles. The molecule has 1 aromatic carbocycles. The summed E-state index contributed by atoms with van der Waals surface area (Å²) in [6.07, 6.45) is 0. The summed E-state index contributed by atoms with van der Waals surface area (Å²) >= 11 is 1.57. The summed E-state index contributed by atoms with van der Waals surface area (Å²) in [6, 6.07) is 9.09. The first-order valence-electron chi connectivity index (χ1n) is 5.90. The monoisotopic (exact) mass is 262 g/mol. The van der Waals surface area contributed by atoms with E-state index < -0.39 is 0 Å². The van der Waals surface area contributed by atoms with Crippen molar-refractivity contribution in [2.24, 2.45) is 11.7 Å². The molecule has 0 aromatic heterocycles. The van der Waals surface area contributed by atoms with Crippen LogP contribution in [-0.2, 0) is 4.79 Å². The Balaban J connectivity index is 2.91. The summed E-state index contributed by atoms with van der Waals surface area (Å²) in [5.74, 6) is 0.146. The zero-order chi connectivity index (χ0) is 13.7. The molecule has 0 aliphatic heterocycles. The van der Waals surface area contributed by atoms with Crippen LogP contribution in [0.4, 0.5) is 0 Å². The van der Waals surface area contributed by atoms with E-state index in [2.05, 4.69) is 26.8 Å². The quantitative estimate of drug-likeness (QED) is 0.887. The van der Waals surface area contributed by atoms with Crippen molar-refractivity contribution in [2.45, 2.75) is 31.3 Å². The summed E-state index contributed by atoms with van der Waals surface area (Å²) in [6.45, 7) is 6.33. The smallest absolute Gasteiger partial charge is 0.235 e. The molecule has 0 radical (unpaired) electrons. The minimum absolute atomic E-state index is 0.336. The number of amides is 1. The number of nitrogens with two attached hydrogens (primary N) is 1. The maximum Gasteiger partial charge on any atom is 0.235 e. The van der Waals surface area contributed by atoms with Crippen molar-refractivity contribution in [3.63, 3.8) is 0 Å². The lowest BCUT2D eigenvalue weighted by Crippen LogP contribution is -2.22. The Kier molecular flexibility index (Phi) is 5.24. The summed E-state index contributed by atoms with van der Waals surface area (Å²) in [5, 5.41) is 8.74. The van der Waals surface area contributed by atoms with Crippen LogP contribution in [-0.4, -0.2) is 11.2 Å². The molecular weight excluding hydrogens is 244 g/mol. The van der Waals surface area contributed by atoms with E-state index in [4.69, 9.17) is 11.0 Å². The van der Waals surface area contributed by atoms with Crippen LogP contribution in [0.3, 0.4) is 0 Å². The van der Waals surface area contributed by atoms with Gasteiger partial charge in [-0.2, -0.15) is 5.26 Å². The summed E-state index contributed by atoms with van der Waals surface area (Å²) in [7, 11) is 0. The fourth-order valence-electron chi connectivity index (χ4n) is 1.41. The molecule has 18 heavy (non-hydrogen) atoms. The first-order valence-corrected chi connectivity index (χ1v) is 6.84. The number of hydrogen-bond donors (Lipinski definition) is 1. The molecule has 96 valence electrons. The van der Waals surface area contributed by atoms with Crippen molar-refractivity contribution in [1.29, 1.82) is 5.26 Å². The number of carbonyl (C=O) groups is 1. The molecule has 0 spiro atoms. The molecule has 0 unspecified atom stereocenters. The minimum Gasteiger partial charge on any atom is -0.368 e. The van der Waals surface area contributed by atoms with E-state index in [0.717, 1.165) is 5.56 Å². The van der Waals surface area contributed by atoms with Gasteiger partial charge in [-0.05, 0) is 23.6 Å². The van der Waals surface area contributed by atoms with Crippen molar-refractivity contribution in [1.82, 2.24) is 0 Å². The summed E-state index contributed by atoms with van der Waals surface area (Å²) in [5.41, 5.74) is 6.91. The van der Waals surface area contributed by atoms with Gasteiger partial charge in [0.15, 0.2) is 0 Å². The van der Waals surface area contributed by atoms with Crippen molar-refractivity contribution in [3.8, 4) is 6.07 Å². The van der Waals surface area contributed by atoms with Gasteiger partial charge >= 0.3 is 0 Å². The first kappa shape index (κ1) is 14.6. The maximum atomic E-state index is 11.5. The van der Waals surface area contributed by atoms with Crippen molar-refractivity contribution in [3.05, 3.63) is 35.4 Å². The molecule has 0 saturated carbocycles. The SMILES string of the molecule is CC(C)[C@@H](C)S[C@H](C(N)=O)c1ccc(C#N)cc1. The average Bonchev–Trinajstić information content (AvgIpc) is 2.35. The van der Waals surface area contributed by atoms with Gasteiger partial charge in [-0.15, -0.1) is 11.8 Å². The fraction of sp³-hybridized carbons (Fsp3) is 0.429. The summed E-state index contributed by atoms with van der Waals surface area (Å²) < 4.78 is 0. The number of carbonyl (C=O) groups excluding carboxylic acids is 1. The minimum atomic E-state index is -0.352. The maximum absolute atomic E-state index is 11.5. The molecule has 1 amide bonds. The first-order chi connectivity index (χ1) is 8.45. The van der Waals surface area contributed by atoms with Gasteiger partial charge in [0.2, 0.25) is 5.91 Å². The molecule has 0 aliphatic carbocycles. The number of primary amides is 1. The second-order valence-electron chi connectivity index (χ2n) is 4.60. The lowest BCUT2D eigenvalue weighted by Gasteiger charge is -2.21. The van der Waals surface area contributed by atoms with Crippen molar-refractivity contribution >= 4 is 17.7 Å². The third-order valence-electron chi connectivity index (χ3n) is 2.89. The van der Waals surface area contributed by atoms with E-state index in [9.17, 15) is 4.79 Å². The topological polar surface area (TPSA) is 66.9 Å². The van der Waals surface area contributed by atoms with Crippen LogP contribution >= 0.6 is 11.8 Å². The van der Waals surface area contributed by atoms with Gasteiger partial charge in [0.05, 0.1) is 11.6 Å². The van der Waals surface area contributed by atoms with Gasteiger partial charge in [0.1, 0.15) is 5.25 Å². The van der Waals surface area contributed by atoms with Crippen LogP contribution < -0.4 is 5.73 Å². The van der Waals surface area contributed by atoms with Crippen molar-refractivity contribution in [2.75, 3.05) is 0 Å².